The molecule has 1 heterocycles. The van der Waals surface area contributed by atoms with E-state index in [0.717, 1.165) is 22.0 Å². The number of carbonyl (C=O) groups excluding carboxylic acids is 2. The number of halogens is 1. The van der Waals surface area contributed by atoms with Crippen molar-refractivity contribution >= 4 is 28.8 Å². The zero-order valence-corrected chi connectivity index (χ0v) is 15.5. The number of hydrogen-bond acceptors (Lipinski definition) is 4. The standard InChI is InChI=1S/C20H18FN3O2S/c1-13(25)23-17-4-2-3-15(11-17)20-24-18(12-27-20)9-10-22-19(26)14-5-7-16(21)8-6-14/h2-8,11-12H,9-10H2,1H3,(H,22,26)(H,23,25). The summed E-state index contributed by atoms with van der Waals surface area (Å²) in [5, 5.41) is 8.35. The van der Waals surface area contributed by atoms with Gasteiger partial charge in [0.1, 0.15) is 10.8 Å². The van der Waals surface area contributed by atoms with Crippen LogP contribution in [0.2, 0.25) is 0 Å². The molecule has 1 aromatic heterocycles. The third-order valence-corrected chi connectivity index (χ3v) is 4.69. The fourth-order valence-corrected chi connectivity index (χ4v) is 3.35. The van der Waals surface area contributed by atoms with Crippen LogP contribution in [-0.4, -0.2) is 23.3 Å². The molecule has 0 fully saturated rings. The zero-order valence-electron chi connectivity index (χ0n) is 14.7. The van der Waals surface area contributed by atoms with Gasteiger partial charge in [-0.05, 0) is 36.4 Å². The van der Waals surface area contributed by atoms with E-state index in [1.165, 1.54) is 42.5 Å². The Bertz CT molecular complexity index is 954. The van der Waals surface area contributed by atoms with Gasteiger partial charge in [0, 0.05) is 42.1 Å². The lowest BCUT2D eigenvalue weighted by atomic mass is 10.2. The van der Waals surface area contributed by atoms with Crippen LogP contribution in [0.5, 0.6) is 0 Å². The summed E-state index contributed by atoms with van der Waals surface area (Å²) in [6, 6.07) is 12.9. The van der Waals surface area contributed by atoms with E-state index in [-0.39, 0.29) is 17.6 Å². The Morgan fingerprint density at radius 1 is 1.15 bits per heavy atom. The summed E-state index contributed by atoms with van der Waals surface area (Å²) in [5.41, 5.74) is 2.95. The number of nitrogens with one attached hydrogen (secondary N) is 2. The van der Waals surface area contributed by atoms with Gasteiger partial charge in [-0.3, -0.25) is 9.59 Å². The predicted molar refractivity (Wildman–Crippen MR) is 104 cm³/mol. The van der Waals surface area contributed by atoms with Crippen LogP contribution >= 0.6 is 11.3 Å². The summed E-state index contributed by atoms with van der Waals surface area (Å²) in [6.07, 6.45) is 0.592. The van der Waals surface area contributed by atoms with Gasteiger partial charge in [0.15, 0.2) is 0 Å². The molecule has 0 atom stereocenters. The largest absolute Gasteiger partial charge is 0.352 e. The molecule has 0 aliphatic carbocycles. The van der Waals surface area contributed by atoms with Gasteiger partial charge in [-0.15, -0.1) is 11.3 Å². The maximum atomic E-state index is 12.9. The van der Waals surface area contributed by atoms with Gasteiger partial charge in [0.05, 0.1) is 5.69 Å². The molecule has 0 saturated carbocycles. The maximum absolute atomic E-state index is 12.9. The maximum Gasteiger partial charge on any atom is 0.251 e. The summed E-state index contributed by atoms with van der Waals surface area (Å²) in [7, 11) is 0. The first-order valence-corrected chi connectivity index (χ1v) is 9.25. The van der Waals surface area contributed by atoms with E-state index in [2.05, 4.69) is 15.6 Å². The molecule has 138 valence electrons. The number of hydrogen-bond donors (Lipinski definition) is 2. The van der Waals surface area contributed by atoms with Crippen LogP contribution in [-0.2, 0) is 11.2 Å². The van der Waals surface area contributed by atoms with E-state index in [9.17, 15) is 14.0 Å². The van der Waals surface area contributed by atoms with Gasteiger partial charge in [0.25, 0.3) is 5.91 Å². The minimum atomic E-state index is -0.371. The normalized spacial score (nSPS) is 10.4. The predicted octanol–water partition coefficient (Wildman–Crippen LogP) is 3.88. The van der Waals surface area contributed by atoms with Gasteiger partial charge in [-0.25, -0.2) is 9.37 Å². The van der Waals surface area contributed by atoms with Crippen molar-refractivity contribution in [1.29, 1.82) is 0 Å². The van der Waals surface area contributed by atoms with Crippen molar-refractivity contribution in [3.05, 3.63) is 71.0 Å². The summed E-state index contributed by atoms with van der Waals surface area (Å²) in [6.45, 7) is 1.90. The van der Waals surface area contributed by atoms with Crippen LogP contribution in [0.3, 0.4) is 0 Å². The highest BCUT2D eigenvalue weighted by molar-refractivity contribution is 7.13. The molecule has 5 nitrogen and oxygen atoms in total. The van der Waals surface area contributed by atoms with E-state index in [1.807, 2.05) is 29.6 Å². The molecule has 2 N–H and O–H groups in total. The van der Waals surface area contributed by atoms with Crippen LogP contribution in [0.25, 0.3) is 10.6 Å². The van der Waals surface area contributed by atoms with Crippen molar-refractivity contribution in [2.75, 3.05) is 11.9 Å². The van der Waals surface area contributed by atoms with Crippen LogP contribution in [0.4, 0.5) is 10.1 Å². The number of benzene rings is 2. The lowest BCUT2D eigenvalue weighted by molar-refractivity contribution is -0.114. The molecule has 2 amide bonds. The summed E-state index contributed by atoms with van der Waals surface area (Å²) in [4.78, 5) is 27.8. The third-order valence-electron chi connectivity index (χ3n) is 3.75. The highest BCUT2D eigenvalue weighted by atomic mass is 32.1. The van der Waals surface area contributed by atoms with E-state index in [0.29, 0.717) is 18.5 Å². The Balaban J connectivity index is 1.57. The third kappa shape index (κ3) is 5.21. The molecule has 0 bridgehead atoms. The first-order valence-electron chi connectivity index (χ1n) is 8.37. The monoisotopic (exact) mass is 383 g/mol. The number of amides is 2. The molecule has 7 heteroatoms. The number of aromatic nitrogens is 1. The Kier molecular flexibility index (Phi) is 5.93. The average Bonchev–Trinajstić information content (AvgIpc) is 3.11. The van der Waals surface area contributed by atoms with Crippen molar-refractivity contribution in [3.8, 4) is 10.6 Å². The molecule has 0 spiro atoms. The Labute approximate surface area is 160 Å². The molecule has 2 aromatic carbocycles. The van der Waals surface area contributed by atoms with Crippen LogP contribution in [0.15, 0.2) is 53.9 Å². The zero-order chi connectivity index (χ0) is 19.2. The van der Waals surface area contributed by atoms with E-state index >= 15 is 0 Å². The van der Waals surface area contributed by atoms with E-state index in [4.69, 9.17) is 0 Å². The number of anilines is 1. The lowest BCUT2D eigenvalue weighted by Crippen LogP contribution is -2.25. The highest BCUT2D eigenvalue weighted by Crippen LogP contribution is 2.26. The first kappa shape index (κ1) is 18.7. The second-order valence-electron chi connectivity index (χ2n) is 5.92. The molecular formula is C20H18FN3O2S. The van der Waals surface area contributed by atoms with Crippen LogP contribution in [0.1, 0.15) is 23.0 Å². The van der Waals surface area contributed by atoms with Gasteiger partial charge < -0.3 is 10.6 Å². The van der Waals surface area contributed by atoms with Crippen molar-refractivity contribution in [2.24, 2.45) is 0 Å². The fourth-order valence-electron chi connectivity index (χ4n) is 2.50. The topological polar surface area (TPSA) is 71.1 Å². The Morgan fingerprint density at radius 2 is 1.93 bits per heavy atom. The Morgan fingerprint density at radius 3 is 2.67 bits per heavy atom. The minimum Gasteiger partial charge on any atom is -0.352 e. The number of carbonyl (C=O) groups is 2. The number of nitrogens with zero attached hydrogens (tertiary/aromatic N) is 1. The summed E-state index contributed by atoms with van der Waals surface area (Å²) in [5.74, 6) is -0.735. The quantitative estimate of drug-likeness (QED) is 0.679. The van der Waals surface area contributed by atoms with Gasteiger partial charge in [-0.2, -0.15) is 0 Å². The molecular weight excluding hydrogens is 365 g/mol. The molecule has 27 heavy (non-hydrogen) atoms. The van der Waals surface area contributed by atoms with Crippen molar-refractivity contribution in [2.45, 2.75) is 13.3 Å². The molecule has 3 aromatic rings. The highest BCUT2D eigenvalue weighted by Gasteiger charge is 2.08. The van der Waals surface area contributed by atoms with Crippen molar-refractivity contribution in [3.63, 3.8) is 0 Å². The first-order chi connectivity index (χ1) is 13.0. The average molecular weight is 383 g/mol. The smallest absolute Gasteiger partial charge is 0.251 e. The van der Waals surface area contributed by atoms with Gasteiger partial charge >= 0.3 is 0 Å². The molecule has 0 saturated heterocycles. The van der Waals surface area contributed by atoms with Crippen molar-refractivity contribution < 1.29 is 14.0 Å². The Hall–Kier alpha value is -3.06. The fraction of sp³-hybridized carbons (Fsp3) is 0.150. The molecule has 3 rings (SSSR count). The summed E-state index contributed by atoms with van der Waals surface area (Å²) >= 11 is 1.51. The molecule has 0 aliphatic rings. The summed E-state index contributed by atoms with van der Waals surface area (Å²) < 4.78 is 12.9. The van der Waals surface area contributed by atoms with Crippen LogP contribution in [0, 0.1) is 5.82 Å². The van der Waals surface area contributed by atoms with E-state index < -0.39 is 0 Å². The number of thiazole rings is 1. The van der Waals surface area contributed by atoms with E-state index in [1.54, 1.807) is 0 Å². The second-order valence-corrected chi connectivity index (χ2v) is 6.78. The van der Waals surface area contributed by atoms with Gasteiger partial charge in [-0.1, -0.05) is 12.1 Å². The van der Waals surface area contributed by atoms with Crippen molar-refractivity contribution in [1.82, 2.24) is 10.3 Å². The molecule has 0 unspecified atom stereocenters. The van der Waals surface area contributed by atoms with Crippen LogP contribution < -0.4 is 10.6 Å². The molecule has 0 radical (unpaired) electrons. The minimum absolute atomic E-state index is 0.121. The SMILES string of the molecule is CC(=O)Nc1cccc(-c2nc(CCNC(=O)c3ccc(F)cc3)cs2)c1. The molecule has 0 aliphatic heterocycles. The lowest BCUT2D eigenvalue weighted by Gasteiger charge is -2.04. The van der Waals surface area contributed by atoms with Gasteiger partial charge in [0.2, 0.25) is 5.91 Å². The number of rotatable bonds is 6. The second kappa shape index (κ2) is 8.55.